The van der Waals surface area contributed by atoms with Crippen molar-refractivity contribution in [3.63, 3.8) is 0 Å². The van der Waals surface area contributed by atoms with Crippen LogP contribution in [0.2, 0.25) is 0 Å². The van der Waals surface area contributed by atoms with Crippen molar-refractivity contribution >= 4 is 0 Å². The first-order valence-corrected chi connectivity index (χ1v) is 4.31. The lowest BCUT2D eigenvalue weighted by Crippen LogP contribution is -2.11. The molecule has 60 valence electrons. The number of nitrogens with zero attached hydrogens (tertiary/aromatic N) is 2. The molecule has 0 aromatic carbocycles. The van der Waals surface area contributed by atoms with E-state index in [1.54, 1.807) is 0 Å². The molecule has 1 unspecified atom stereocenters. The maximum atomic E-state index is 4.32. The molecule has 0 saturated heterocycles. The Kier molecular flexibility index (Phi) is 1.48. The molecular formula is C9H14N2. The molecule has 1 atom stereocenters. The van der Waals surface area contributed by atoms with Gasteiger partial charge in [-0.15, -0.1) is 0 Å². The van der Waals surface area contributed by atoms with Gasteiger partial charge in [-0.1, -0.05) is 13.8 Å². The van der Waals surface area contributed by atoms with Gasteiger partial charge in [0, 0.05) is 11.9 Å². The number of aryl methyl sites for hydroxylation is 1. The fraction of sp³-hybridized carbons (Fsp3) is 0.667. The van der Waals surface area contributed by atoms with Crippen molar-refractivity contribution < 1.29 is 0 Å². The molecule has 1 aliphatic rings. The Morgan fingerprint density at radius 2 is 2.45 bits per heavy atom. The van der Waals surface area contributed by atoms with Crippen LogP contribution in [-0.4, -0.2) is 9.78 Å². The van der Waals surface area contributed by atoms with Crippen molar-refractivity contribution in [2.24, 2.45) is 5.92 Å². The highest BCUT2D eigenvalue weighted by Gasteiger charge is 2.24. The summed E-state index contributed by atoms with van der Waals surface area (Å²) in [5.74, 6) is 0.719. The number of fused-ring (bicyclic) bond motifs is 1. The average molecular weight is 150 g/mol. The molecule has 1 aliphatic heterocycles. The Labute approximate surface area is 67.2 Å². The standard InChI is InChI=1S/C9H14N2/c1-7(2)9-4-3-8-5-6-10-11(8)9/h5-7,9H,3-4H2,1-2H3. The molecule has 0 fully saturated rings. The van der Waals surface area contributed by atoms with Crippen molar-refractivity contribution in [3.8, 4) is 0 Å². The summed E-state index contributed by atoms with van der Waals surface area (Å²) < 4.78 is 2.19. The third-order valence-corrected chi connectivity index (χ3v) is 2.53. The molecule has 0 amide bonds. The molecule has 0 N–H and O–H groups in total. The van der Waals surface area contributed by atoms with Crippen LogP contribution in [0.25, 0.3) is 0 Å². The van der Waals surface area contributed by atoms with E-state index in [0.717, 1.165) is 5.92 Å². The average Bonchev–Trinajstić information content (AvgIpc) is 2.41. The summed E-state index contributed by atoms with van der Waals surface area (Å²) in [7, 11) is 0. The number of hydrogen-bond donors (Lipinski definition) is 0. The van der Waals surface area contributed by atoms with Gasteiger partial charge in [-0.25, -0.2) is 0 Å². The minimum Gasteiger partial charge on any atom is -0.266 e. The van der Waals surface area contributed by atoms with Crippen LogP contribution in [0.4, 0.5) is 0 Å². The Balaban J connectivity index is 2.31. The monoisotopic (exact) mass is 150 g/mol. The molecule has 0 saturated carbocycles. The topological polar surface area (TPSA) is 17.8 Å². The summed E-state index contributed by atoms with van der Waals surface area (Å²) >= 11 is 0. The number of aromatic nitrogens is 2. The Morgan fingerprint density at radius 1 is 1.64 bits per heavy atom. The van der Waals surface area contributed by atoms with E-state index in [9.17, 15) is 0 Å². The lowest BCUT2D eigenvalue weighted by atomic mass is 10.0. The molecule has 0 radical (unpaired) electrons. The third-order valence-electron chi connectivity index (χ3n) is 2.53. The molecule has 1 aromatic heterocycles. The molecular weight excluding hydrogens is 136 g/mol. The van der Waals surface area contributed by atoms with Crippen molar-refractivity contribution in [1.29, 1.82) is 0 Å². The van der Waals surface area contributed by atoms with E-state index in [1.165, 1.54) is 18.5 Å². The second-order valence-corrected chi connectivity index (χ2v) is 3.62. The van der Waals surface area contributed by atoms with Crippen LogP contribution in [-0.2, 0) is 6.42 Å². The molecule has 2 heteroatoms. The van der Waals surface area contributed by atoms with E-state index in [0.29, 0.717) is 6.04 Å². The van der Waals surface area contributed by atoms with Crippen LogP contribution in [0.5, 0.6) is 0 Å². The summed E-state index contributed by atoms with van der Waals surface area (Å²) in [5, 5.41) is 4.32. The highest BCUT2D eigenvalue weighted by Crippen LogP contribution is 2.30. The maximum Gasteiger partial charge on any atom is 0.0549 e. The predicted molar refractivity (Wildman–Crippen MR) is 44.4 cm³/mol. The summed E-state index contributed by atoms with van der Waals surface area (Å²) in [5.41, 5.74) is 1.41. The van der Waals surface area contributed by atoms with E-state index in [2.05, 4.69) is 29.7 Å². The van der Waals surface area contributed by atoms with Gasteiger partial charge in [0.2, 0.25) is 0 Å². The molecule has 2 rings (SSSR count). The number of hydrogen-bond acceptors (Lipinski definition) is 1. The fourth-order valence-corrected chi connectivity index (χ4v) is 1.87. The number of rotatable bonds is 1. The lowest BCUT2D eigenvalue weighted by molar-refractivity contribution is 0.363. The second-order valence-electron chi connectivity index (χ2n) is 3.62. The van der Waals surface area contributed by atoms with Crippen LogP contribution in [0, 0.1) is 5.92 Å². The minimum atomic E-state index is 0.653. The van der Waals surface area contributed by atoms with E-state index >= 15 is 0 Å². The summed E-state index contributed by atoms with van der Waals surface area (Å²) in [4.78, 5) is 0. The quantitative estimate of drug-likeness (QED) is 0.599. The van der Waals surface area contributed by atoms with Crippen LogP contribution in [0.3, 0.4) is 0 Å². The van der Waals surface area contributed by atoms with Gasteiger partial charge < -0.3 is 0 Å². The fourth-order valence-electron chi connectivity index (χ4n) is 1.87. The van der Waals surface area contributed by atoms with Crippen molar-refractivity contribution in [2.75, 3.05) is 0 Å². The lowest BCUT2D eigenvalue weighted by Gasteiger charge is -2.15. The van der Waals surface area contributed by atoms with E-state index in [-0.39, 0.29) is 0 Å². The minimum absolute atomic E-state index is 0.653. The molecule has 1 aromatic rings. The smallest absolute Gasteiger partial charge is 0.0549 e. The first kappa shape index (κ1) is 6.89. The Hall–Kier alpha value is -0.790. The largest absolute Gasteiger partial charge is 0.266 e. The molecule has 11 heavy (non-hydrogen) atoms. The van der Waals surface area contributed by atoms with Gasteiger partial charge in [-0.2, -0.15) is 5.10 Å². The molecule has 0 aliphatic carbocycles. The normalized spacial score (nSPS) is 22.6. The van der Waals surface area contributed by atoms with Gasteiger partial charge >= 0.3 is 0 Å². The maximum absolute atomic E-state index is 4.32. The summed E-state index contributed by atoms with van der Waals surface area (Å²) in [6.45, 7) is 4.53. The summed E-state index contributed by atoms with van der Waals surface area (Å²) in [6.07, 6.45) is 4.40. The van der Waals surface area contributed by atoms with Crippen molar-refractivity contribution in [1.82, 2.24) is 9.78 Å². The van der Waals surface area contributed by atoms with Gasteiger partial charge in [0.1, 0.15) is 0 Å². The predicted octanol–water partition coefficient (Wildman–Crippen LogP) is 2.03. The third kappa shape index (κ3) is 0.971. The Morgan fingerprint density at radius 3 is 3.18 bits per heavy atom. The van der Waals surface area contributed by atoms with Gasteiger partial charge in [0.05, 0.1) is 6.04 Å². The highest BCUT2D eigenvalue weighted by atomic mass is 15.3. The summed E-state index contributed by atoms with van der Waals surface area (Å²) in [6, 6.07) is 2.78. The van der Waals surface area contributed by atoms with Crippen LogP contribution in [0.1, 0.15) is 32.0 Å². The first-order chi connectivity index (χ1) is 5.29. The molecule has 0 spiro atoms. The van der Waals surface area contributed by atoms with Gasteiger partial charge in [-0.3, -0.25) is 4.68 Å². The zero-order chi connectivity index (χ0) is 7.84. The van der Waals surface area contributed by atoms with Gasteiger partial charge in [0.15, 0.2) is 0 Å². The molecule has 2 nitrogen and oxygen atoms in total. The van der Waals surface area contributed by atoms with Crippen LogP contribution >= 0.6 is 0 Å². The first-order valence-electron chi connectivity index (χ1n) is 4.31. The van der Waals surface area contributed by atoms with Gasteiger partial charge in [-0.05, 0) is 24.8 Å². The Bertz CT molecular complexity index is 250. The van der Waals surface area contributed by atoms with Crippen LogP contribution < -0.4 is 0 Å². The van der Waals surface area contributed by atoms with E-state index < -0.39 is 0 Å². The van der Waals surface area contributed by atoms with Gasteiger partial charge in [0.25, 0.3) is 0 Å². The SMILES string of the molecule is CC(C)C1CCc2ccnn21. The molecule has 0 bridgehead atoms. The second kappa shape index (κ2) is 2.36. The van der Waals surface area contributed by atoms with Crippen molar-refractivity contribution in [3.05, 3.63) is 18.0 Å². The highest BCUT2D eigenvalue weighted by molar-refractivity contribution is 5.07. The van der Waals surface area contributed by atoms with Crippen molar-refractivity contribution in [2.45, 2.75) is 32.7 Å². The zero-order valence-electron chi connectivity index (χ0n) is 7.12. The zero-order valence-corrected chi connectivity index (χ0v) is 7.12. The molecule has 2 heterocycles. The van der Waals surface area contributed by atoms with Crippen LogP contribution in [0.15, 0.2) is 12.3 Å². The van der Waals surface area contributed by atoms with E-state index in [1.807, 2.05) is 6.20 Å². The van der Waals surface area contributed by atoms with E-state index in [4.69, 9.17) is 0 Å².